The topological polar surface area (TPSA) is 75.1 Å². The largest absolute Gasteiger partial charge is 0.348 e. The maximum Gasteiger partial charge on any atom is 0.246 e. The molecule has 2 saturated carbocycles. The maximum atomic E-state index is 12.8. The molecule has 0 aromatic heterocycles. The lowest BCUT2D eigenvalue weighted by Crippen LogP contribution is -2.75. The van der Waals surface area contributed by atoms with Crippen LogP contribution in [0.4, 0.5) is 0 Å². The molecule has 3 saturated heterocycles. The second-order valence-corrected chi connectivity index (χ2v) is 16.7. The van der Waals surface area contributed by atoms with Crippen molar-refractivity contribution in [1.82, 2.24) is 24.9 Å². The molecule has 4 aliphatic heterocycles. The van der Waals surface area contributed by atoms with Gasteiger partial charge in [-0.25, -0.2) is 0 Å². The van der Waals surface area contributed by atoms with E-state index >= 15 is 0 Å². The average molecular weight is 667 g/mol. The number of nitrogens with one attached hydrogen (secondary N) is 1. The molecule has 46 heavy (non-hydrogen) atoms. The van der Waals surface area contributed by atoms with E-state index in [0.717, 1.165) is 44.0 Å². The number of carbonyl (C=O) groups is 1. The molecular formula is C36H51ClN6O2S. The fraction of sp³-hybridized carbons (Fsp3) is 0.722. The molecule has 1 amide bonds. The van der Waals surface area contributed by atoms with E-state index < -0.39 is 0 Å². The number of thioether (sulfide) groups is 1. The summed E-state index contributed by atoms with van der Waals surface area (Å²) in [5, 5.41) is 14.7. The minimum atomic E-state index is -0.149. The molecule has 6 aliphatic rings. The van der Waals surface area contributed by atoms with E-state index in [1.165, 1.54) is 67.9 Å². The zero-order chi connectivity index (χ0) is 31.8. The molecule has 10 heteroatoms. The predicted molar refractivity (Wildman–Crippen MR) is 183 cm³/mol. The molecular weight excluding hydrogens is 616 g/mol. The van der Waals surface area contributed by atoms with Gasteiger partial charge in [0.2, 0.25) is 5.91 Å². The summed E-state index contributed by atoms with van der Waals surface area (Å²) in [5.41, 5.74) is 1.41. The molecule has 5 fully saturated rings. The van der Waals surface area contributed by atoms with E-state index in [4.69, 9.17) is 16.3 Å². The smallest absolute Gasteiger partial charge is 0.246 e. The number of likely N-dealkylation sites (tertiary alicyclic amines) is 1. The monoisotopic (exact) mass is 666 g/mol. The Hall–Kier alpha value is -1.64. The van der Waals surface area contributed by atoms with Crippen molar-refractivity contribution in [3.8, 4) is 6.07 Å². The van der Waals surface area contributed by atoms with Gasteiger partial charge in [-0.2, -0.15) is 5.26 Å². The molecule has 7 rings (SSSR count). The molecule has 1 aromatic carbocycles. The van der Waals surface area contributed by atoms with Crippen LogP contribution in [0.5, 0.6) is 0 Å². The van der Waals surface area contributed by atoms with Crippen molar-refractivity contribution in [2.24, 2.45) is 5.92 Å². The highest BCUT2D eigenvalue weighted by Crippen LogP contribution is 2.56. The minimum absolute atomic E-state index is 0.0720. The molecule has 1 spiro atoms. The van der Waals surface area contributed by atoms with Gasteiger partial charge in [0, 0.05) is 58.3 Å². The zero-order valence-electron chi connectivity index (χ0n) is 27.4. The Morgan fingerprint density at radius 2 is 2.02 bits per heavy atom. The van der Waals surface area contributed by atoms with Gasteiger partial charge in [0.15, 0.2) is 6.35 Å². The number of hydrogen-bond donors (Lipinski definition) is 1. The third kappa shape index (κ3) is 6.53. The lowest BCUT2D eigenvalue weighted by atomic mass is 9.71. The summed E-state index contributed by atoms with van der Waals surface area (Å²) in [7, 11) is 2.23. The second-order valence-electron chi connectivity index (χ2n) is 14.7. The Morgan fingerprint density at radius 1 is 1.17 bits per heavy atom. The van der Waals surface area contributed by atoms with Gasteiger partial charge in [0.25, 0.3) is 0 Å². The highest BCUT2D eigenvalue weighted by Gasteiger charge is 2.55. The quantitative estimate of drug-likeness (QED) is 0.385. The van der Waals surface area contributed by atoms with Crippen LogP contribution in [0.2, 0.25) is 5.02 Å². The Bertz CT molecular complexity index is 1320. The first-order valence-electron chi connectivity index (χ1n) is 17.7. The summed E-state index contributed by atoms with van der Waals surface area (Å²) < 4.78 is 7.22. The third-order valence-electron chi connectivity index (χ3n) is 12.0. The fourth-order valence-electron chi connectivity index (χ4n) is 9.70. The van der Waals surface area contributed by atoms with E-state index in [9.17, 15) is 10.1 Å². The number of fused-ring (bicyclic) bond motifs is 2. The molecule has 0 radical (unpaired) electrons. The molecule has 0 bridgehead atoms. The van der Waals surface area contributed by atoms with Crippen molar-refractivity contribution in [2.75, 3.05) is 39.8 Å². The summed E-state index contributed by atoms with van der Waals surface area (Å²) in [5.74, 6) is 0.371. The fourth-order valence-corrected chi connectivity index (χ4v) is 11.5. The lowest BCUT2D eigenvalue weighted by Gasteiger charge is -2.60. The SMILES string of the molecule is C=CC(=O)N1CCN(C2NC(OCC3CCCN3C)N(C3CCCCC3)C3C[C@]4(CCC23)Cc2cc(Cl)ccc2S4)CC1CC#N. The number of amides is 1. The molecule has 4 heterocycles. The summed E-state index contributed by atoms with van der Waals surface area (Å²) >= 11 is 8.58. The van der Waals surface area contributed by atoms with Crippen molar-refractivity contribution in [1.29, 1.82) is 5.26 Å². The Labute approximate surface area is 284 Å². The number of rotatable bonds is 7. The van der Waals surface area contributed by atoms with Gasteiger partial charge in [-0.15, -0.1) is 11.8 Å². The van der Waals surface area contributed by atoms with Gasteiger partial charge >= 0.3 is 0 Å². The van der Waals surface area contributed by atoms with Crippen LogP contribution >= 0.6 is 23.4 Å². The average Bonchev–Trinajstić information content (AvgIpc) is 3.64. The predicted octanol–water partition coefficient (Wildman–Crippen LogP) is 5.47. The van der Waals surface area contributed by atoms with Crippen LogP contribution in [0.15, 0.2) is 35.7 Å². The normalized spacial score (nSPS) is 36.0. The van der Waals surface area contributed by atoms with Crippen LogP contribution in [0.1, 0.15) is 76.2 Å². The number of nitriles is 1. The number of hydrogen-bond acceptors (Lipinski definition) is 8. The van der Waals surface area contributed by atoms with Crippen LogP contribution in [-0.4, -0.2) is 107 Å². The molecule has 6 unspecified atom stereocenters. The zero-order valence-corrected chi connectivity index (χ0v) is 29.0. The van der Waals surface area contributed by atoms with Crippen LogP contribution in [0.25, 0.3) is 0 Å². The summed E-state index contributed by atoms with van der Waals surface area (Å²) in [4.78, 5) is 23.8. The Balaban J connectivity index is 1.20. The minimum Gasteiger partial charge on any atom is -0.348 e. The van der Waals surface area contributed by atoms with Crippen molar-refractivity contribution in [3.05, 3.63) is 41.4 Å². The third-order valence-corrected chi connectivity index (χ3v) is 13.9. The number of nitrogens with zero attached hydrogens (tertiary/aromatic N) is 5. The van der Waals surface area contributed by atoms with Crippen LogP contribution < -0.4 is 5.32 Å². The number of halogens is 1. The van der Waals surface area contributed by atoms with Crippen molar-refractivity contribution in [2.45, 2.75) is 123 Å². The van der Waals surface area contributed by atoms with Gasteiger partial charge in [0.05, 0.1) is 31.3 Å². The van der Waals surface area contributed by atoms with Crippen molar-refractivity contribution < 1.29 is 9.53 Å². The van der Waals surface area contributed by atoms with E-state index in [-0.39, 0.29) is 29.2 Å². The van der Waals surface area contributed by atoms with Gasteiger partial charge in [-0.05, 0) is 94.8 Å². The van der Waals surface area contributed by atoms with Gasteiger partial charge in [-0.3, -0.25) is 19.9 Å². The van der Waals surface area contributed by atoms with E-state index in [1.54, 1.807) is 0 Å². The summed E-state index contributed by atoms with van der Waals surface area (Å²) in [6, 6.07) is 10.1. The first kappa shape index (κ1) is 32.9. The molecule has 1 N–H and O–H groups in total. The van der Waals surface area contributed by atoms with Crippen LogP contribution in [-0.2, 0) is 16.0 Å². The highest BCUT2D eigenvalue weighted by atomic mass is 35.5. The van der Waals surface area contributed by atoms with Crippen molar-refractivity contribution in [3.63, 3.8) is 0 Å². The highest BCUT2D eigenvalue weighted by molar-refractivity contribution is 8.01. The first-order valence-corrected chi connectivity index (χ1v) is 18.9. The molecule has 250 valence electrons. The van der Waals surface area contributed by atoms with Gasteiger partial charge in [0.1, 0.15) is 0 Å². The molecule has 1 aromatic rings. The van der Waals surface area contributed by atoms with E-state index in [1.807, 2.05) is 11.0 Å². The molecule has 8 nitrogen and oxygen atoms in total. The number of carbonyl (C=O) groups excluding carboxylic acids is 1. The standard InChI is InChI=1S/C36H51ClN6O2S/c1-3-33(44)42-19-18-41(23-28(42)14-16-38)34-30-13-15-36(21-25-20-26(37)11-12-32(25)46-36)22-31(30)43(27-8-5-4-6-9-27)35(39-34)45-24-29-10-7-17-40(29)2/h3,11-12,20,27-31,34-35,39H,1,4-10,13-15,17-19,21-24H2,2H3/t28?,29?,30?,31?,34?,35?,36-/m0/s1. The van der Waals surface area contributed by atoms with Gasteiger partial charge in [-0.1, -0.05) is 37.4 Å². The van der Waals surface area contributed by atoms with Gasteiger partial charge < -0.3 is 14.5 Å². The number of likely N-dealkylation sites (N-methyl/N-ethyl adjacent to an activating group) is 1. The number of piperazine rings is 1. The number of benzene rings is 1. The second kappa shape index (κ2) is 14.1. The van der Waals surface area contributed by atoms with Crippen LogP contribution in [0.3, 0.4) is 0 Å². The molecule has 7 atom stereocenters. The Kier molecular flexibility index (Phi) is 10.1. The number of ether oxygens (including phenoxy) is 1. The van der Waals surface area contributed by atoms with E-state index in [2.05, 4.69) is 63.6 Å². The Morgan fingerprint density at radius 3 is 2.78 bits per heavy atom. The summed E-state index contributed by atoms with van der Waals surface area (Å²) in [6.45, 7) is 7.71. The molecule has 2 aliphatic carbocycles. The first-order chi connectivity index (χ1) is 22.4. The van der Waals surface area contributed by atoms with E-state index in [0.29, 0.717) is 43.6 Å². The lowest BCUT2D eigenvalue weighted by molar-refractivity contribution is -0.201. The summed E-state index contributed by atoms with van der Waals surface area (Å²) in [6.07, 6.45) is 15.1. The van der Waals surface area contributed by atoms with Crippen molar-refractivity contribution >= 4 is 29.3 Å². The van der Waals surface area contributed by atoms with Crippen LogP contribution in [0, 0.1) is 17.2 Å². The maximum absolute atomic E-state index is 12.8.